The lowest BCUT2D eigenvalue weighted by Crippen LogP contribution is -2.35. The smallest absolute Gasteiger partial charge is 0.251 e. The molecule has 0 bridgehead atoms. The molecular formula is C19H21ClN2O5S2. The molecular weight excluding hydrogens is 436 g/mol. The van der Waals surface area contributed by atoms with Crippen LogP contribution >= 0.6 is 11.6 Å². The van der Waals surface area contributed by atoms with Crippen molar-refractivity contribution in [3.05, 3.63) is 64.7 Å². The lowest BCUT2D eigenvalue weighted by atomic mass is 10.1. The number of halogens is 1. The van der Waals surface area contributed by atoms with E-state index in [1.54, 1.807) is 18.2 Å². The molecule has 0 aliphatic carbocycles. The van der Waals surface area contributed by atoms with Crippen LogP contribution in [0.1, 0.15) is 35.3 Å². The molecule has 0 aromatic heterocycles. The van der Waals surface area contributed by atoms with Gasteiger partial charge in [0.05, 0.1) is 22.4 Å². The minimum atomic E-state index is -3.87. The first-order valence-electron chi connectivity index (χ1n) is 8.95. The maximum atomic E-state index is 12.5. The number of benzene rings is 2. The van der Waals surface area contributed by atoms with Gasteiger partial charge in [-0.3, -0.25) is 4.79 Å². The summed E-state index contributed by atoms with van der Waals surface area (Å²) in [7, 11) is -7.06. The zero-order chi connectivity index (χ0) is 21.2. The van der Waals surface area contributed by atoms with Crippen LogP contribution in [-0.2, 0) is 19.9 Å². The maximum Gasteiger partial charge on any atom is 0.251 e. The molecule has 1 fully saturated rings. The van der Waals surface area contributed by atoms with Gasteiger partial charge in [-0.2, -0.15) is 0 Å². The van der Waals surface area contributed by atoms with Crippen LogP contribution in [0.5, 0.6) is 0 Å². The fourth-order valence-electron chi connectivity index (χ4n) is 3.10. The van der Waals surface area contributed by atoms with Crippen LogP contribution in [-0.4, -0.2) is 40.3 Å². The number of rotatable bonds is 6. The van der Waals surface area contributed by atoms with Crippen molar-refractivity contribution >= 4 is 37.4 Å². The monoisotopic (exact) mass is 456 g/mol. The highest BCUT2D eigenvalue weighted by molar-refractivity contribution is 7.92. The first-order valence-corrected chi connectivity index (χ1v) is 12.6. The van der Waals surface area contributed by atoms with Gasteiger partial charge in [0.1, 0.15) is 0 Å². The van der Waals surface area contributed by atoms with Crippen molar-refractivity contribution in [2.45, 2.75) is 30.3 Å². The summed E-state index contributed by atoms with van der Waals surface area (Å²) in [4.78, 5) is 12.4. The van der Waals surface area contributed by atoms with Gasteiger partial charge in [-0.15, -0.1) is 0 Å². The van der Waals surface area contributed by atoms with Crippen LogP contribution in [0.15, 0.2) is 53.4 Å². The summed E-state index contributed by atoms with van der Waals surface area (Å²) in [6.07, 6.45) is 0.253. The molecule has 3 rings (SSSR count). The maximum absolute atomic E-state index is 12.5. The Morgan fingerprint density at radius 2 is 1.86 bits per heavy atom. The summed E-state index contributed by atoms with van der Waals surface area (Å²) in [5, 5.41) is 3.41. The van der Waals surface area contributed by atoms with Crippen LogP contribution in [0, 0.1) is 0 Å². The van der Waals surface area contributed by atoms with E-state index in [4.69, 9.17) is 11.6 Å². The molecule has 29 heavy (non-hydrogen) atoms. The van der Waals surface area contributed by atoms with Crippen LogP contribution < -0.4 is 10.0 Å². The van der Waals surface area contributed by atoms with Crippen molar-refractivity contribution in [1.82, 2.24) is 10.0 Å². The van der Waals surface area contributed by atoms with E-state index in [-0.39, 0.29) is 34.8 Å². The van der Waals surface area contributed by atoms with E-state index in [1.807, 2.05) is 13.0 Å². The van der Waals surface area contributed by atoms with Gasteiger partial charge in [0.2, 0.25) is 10.0 Å². The highest BCUT2D eigenvalue weighted by Crippen LogP contribution is 2.19. The molecule has 1 aliphatic rings. The molecule has 0 saturated carbocycles. The summed E-state index contributed by atoms with van der Waals surface area (Å²) in [5.74, 6) is -0.575. The molecule has 1 saturated heterocycles. The topological polar surface area (TPSA) is 109 Å². The second kappa shape index (κ2) is 8.43. The number of carbonyl (C=O) groups excluding carboxylic acids is 1. The third-order valence-corrected chi connectivity index (χ3v) is 8.22. The third kappa shape index (κ3) is 5.57. The Hall–Kier alpha value is -1.94. The van der Waals surface area contributed by atoms with E-state index < -0.39 is 25.9 Å². The van der Waals surface area contributed by atoms with Crippen LogP contribution in [0.2, 0.25) is 5.02 Å². The standard InChI is InChI=1S/C19H21ClN2O5S2/c1-13(15-3-2-4-16(20)11-15)21-19(23)14-5-7-18(8-6-14)29(26,27)22-17-9-10-28(24,25)12-17/h2-8,11,13,17,22H,9-10,12H2,1H3,(H,21,23)/t13-,17+/m0/s1. The van der Waals surface area contributed by atoms with E-state index in [2.05, 4.69) is 10.0 Å². The van der Waals surface area contributed by atoms with E-state index in [1.165, 1.54) is 24.3 Å². The van der Waals surface area contributed by atoms with Gasteiger partial charge in [0.25, 0.3) is 5.91 Å². The van der Waals surface area contributed by atoms with E-state index in [0.29, 0.717) is 10.6 Å². The number of carbonyl (C=O) groups is 1. The Bertz CT molecular complexity index is 1120. The molecule has 2 aromatic carbocycles. The second-order valence-electron chi connectivity index (χ2n) is 7.00. The lowest BCUT2D eigenvalue weighted by molar-refractivity contribution is 0.0939. The molecule has 2 atom stereocenters. The number of sulfone groups is 1. The second-order valence-corrected chi connectivity index (χ2v) is 11.4. The molecule has 0 radical (unpaired) electrons. The fourth-order valence-corrected chi connectivity index (χ4v) is 6.35. The summed E-state index contributed by atoms with van der Waals surface area (Å²) in [6, 6.07) is 11.7. The van der Waals surface area contributed by atoms with Crippen molar-refractivity contribution < 1.29 is 21.6 Å². The molecule has 0 spiro atoms. The molecule has 156 valence electrons. The quantitative estimate of drug-likeness (QED) is 0.693. The molecule has 1 heterocycles. The van der Waals surface area contributed by atoms with Crippen molar-refractivity contribution in [3.8, 4) is 0 Å². The average molecular weight is 457 g/mol. The Morgan fingerprint density at radius 1 is 1.17 bits per heavy atom. The summed E-state index contributed by atoms with van der Waals surface area (Å²) >= 11 is 5.97. The van der Waals surface area contributed by atoms with Crippen molar-refractivity contribution in [3.63, 3.8) is 0 Å². The Balaban J connectivity index is 1.66. The number of sulfonamides is 1. The largest absolute Gasteiger partial charge is 0.346 e. The van der Waals surface area contributed by atoms with E-state index >= 15 is 0 Å². The molecule has 0 unspecified atom stereocenters. The van der Waals surface area contributed by atoms with Crippen LogP contribution in [0.25, 0.3) is 0 Å². The predicted octanol–water partition coefficient (Wildman–Crippen LogP) is 2.30. The third-order valence-electron chi connectivity index (χ3n) is 4.68. The van der Waals surface area contributed by atoms with Gasteiger partial charge in [-0.1, -0.05) is 23.7 Å². The van der Waals surface area contributed by atoms with Crippen molar-refractivity contribution in [1.29, 1.82) is 0 Å². The van der Waals surface area contributed by atoms with Crippen molar-refractivity contribution in [2.75, 3.05) is 11.5 Å². The summed E-state index contributed by atoms with van der Waals surface area (Å²) in [5.41, 5.74) is 1.15. The normalized spacial score (nSPS) is 19.6. The van der Waals surface area contributed by atoms with Crippen LogP contribution in [0.3, 0.4) is 0 Å². The highest BCUT2D eigenvalue weighted by Gasteiger charge is 2.31. The first kappa shape index (κ1) is 21.8. The minimum Gasteiger partial charge on any atom is -0.346 e. The number of nitrogens with one attached hydrogen (secondary N) is 2. The predicted molar refractivity (Wildman–Crippen MR) is 111 cm³/mol. The van der Waals surface area contributed by atoms with Gasteiger partial charge in [0.15, 0.2) is 9.84 Å². The number of hydrogen-bond donors (Lipinski definition) is 2. The fraction of sp³-hybridized carbons (Fsp3) is 0.316. The van der Waals surface area contributed by atoms with E-state index in [9.17, 15) is 21.6 Å². The average Bonchev–Trinajstić information content (AvgIpc) is 2.99. The Labute approximate surface area is 175 Å². The van der Waals surface area contributed by atoms with Gasteiger partial charge in [-0.25, -0.2) is 21.6 Å². The first-order chi connectivity index (χ1) is 13.6. The Kier molecular flexibility index (Phi) is 6.33. The molecule has 10 heteroatoms. The van der Waals surface area contributed by atoms with E-state index in [0.717, 1.165) is 5.56 Å². The van der Waals surface area contributed by atoms with Gasteiger partial charge < -0.3 is 5.32 Å². The summed E-state index contributed by atoms with van der Waals surface area (Å²) < 4.78 is 50.3. The summed E-state index contributed by atoms with van der Waals surface area (Å²) in [6.45, 7) is 1.82. The highest BCUT2D eigenvalue weighted by atomic mass is 35.5. The molecule has 2 aromatic rings. The minimum absolute atomic E-state index is 0.0237. The van der Waals surface area contributed by atoms with Gasteiger partial charge >= 0.3 is 0 Å². The molecule has 2 N–H and O–H groups in total. The van der Waals surface area contributed by atoms with Gasteiger partial charge in [-0.05, 0) is 55.3 Å². The Morgan fingerprint density at radius 3 is 2.45 bits per heavy atom. The van der Waals surface area contributed by atoms with Crippen LogP contribution in [0.4, 0.5) is 0 Å². The SMILES string of the molecule is C[C@H](NC(=O)c1ccc(S(=O)(=O)N[C@@H]2CCS(=O)(=O)C2)cc1)c1cccc(Cl)c1. The molecule has 1 aliphatic heterocycles. The number of amides is 1. The number of hydrogen-bond acceptors (Lipinski definition) is 5. The van der Waals surface area contributed by atoms with Gasteiger partial charge in [0, 0.05) is 16.6 Å². The zero-order valence-electron chi connectivity index (χ0n) is 15.6. The lowest BCUT2D eigenvalue weighted by Gasteiger charge is -2.15. The molecule has 1 amide bonds. The zero-order valence-corrected chi connectivity index (χ0v) is 18.0. The molecule has 7 nitrogen and oxygen atoms in total. The van der Waals surface area contributed by atoms with Crippen molar-refractivity contribution in [2.24, 2.45) is 0 Å².